The molecule has 140 valence electrons. The maximum absolute atomic E-state index is 13.2. The molecule has 0 amide bonds. The number of carbonyl (C=O) groups is 1. The Bertz CT molecular complexity index is 951. The van der Waals surface area contributed by atoms with Crippen LogP contribution in [0.4, 0.5) is 17.6 Å². The van der Waals surface area contributed by atoms with Crippen molar-refractivity contribution in [2.75, 3.05) is 0 Å². The lowest BCUT2D eigenvalue weighted by Crippen LogP contribution is -2.09. The Labute approximate surface area is 149 Å². The molecule has 27 heavy (non-hydrogen) atoms. The van der Waals surface area contributed by atoms with Crippen molar-refractivity contribution in [3.05, 3.63) is 65.3 Å². The molecule has 0 spiro atoms. The summed E-state index contributed by atoms with van der Waals surface area (Å²) in [4.78, 5) is 14.5. The summed E-state index contributed by atoms with van der Waals surface area (Å²) in [6, 6.07) is 7.08. The average Bonchev–Trinajstić information content (AvgIpc) is 3.05. The predicted octanol–water partition coefficient (Wildman–Crippen LogP) is 4.17. The standard InChI is InChI=1S/C17H10F4N2O4/c18-11-4-1-9(2-5-11)14-12(15(27-23-14)17(19,20)21)8-26-13-6-3-10(7-22-13)16(24)25/h1-7H,8H2,(H,24,25). The molecule has 2 aromatic heterocycles. The molecule has 0 saturated carbocycles. The van der Waals surface area contributed by atoms with Gasteiger partial charge in [-0.25, -0.2) is 14.2 Å². The first-order valence-corrected chi connectivity index (χ1v) is 7.39. The highest BCUT2D eigenvalue weighted by atomic mass is 19.4. The number of hydrogen-bond donors (Lipinski definition) is 1. The second-order valence-corrected chi connectivity index (χ2v) is 5.32. The first-order valence-electron chi connectivity index (χ1n) is 7.39. The van der Waals surface area contributed by atoms with Gasteiger partial charge in [0.15, 0.2) is 0 Å². The molecule has 3 rings (SSSR count). The van der Waals surface area contributed by atoms with Gasteiger partial charge in [-0.05, 0) is 30.3 Å². The van der Waals surface area contributed by atoms with E-state index in [0.717, 1.165) is 18.3 Å². The normalized spacial score (nSPS) is 11.4. The van der Waals surface area contributed by atoms with Crippen molar-refractivity contribution in [2.45, 2.75) is 12.8 Å². The lowest BCUT2D eigenvalue weighted by atomic mass is 10.1. The zero-order valence-corrected chi connectivity index (χ0v) is 13.3. The molecule has 0 aliphatic carbocycles. The Morgan fingerprint density at radius 2 is 1.85 bits per heavy atom. The number of rotatable bonds is 5. The van der Waals surface area contributed by atoms with Gasteiger partial charge in [-0.2, -0.15) is 13.2 Å². The van der Waals surface area contributed by atoms with E-state index in [1.54, 1.807) is 0 Å². The highest BCUT2D eigenvalue weighted by molar-refractivity contribution is 5.87. The molecule has 3 aromatic rings. The number of halogens is 4. The zero-order valence-electron chi connectivity index (χ0n) is 13.3. The molecule has 0 bridgehead atoms. The quantitative estimate of drug-likeness (QED) is 0.667. The number of ether oxygens (including phenoxy) is 1. The highest BCUT2D eigenvalue weighted by Crippen LogP contribution is 2.37. The number of benzene rings is 1. The molecule has 0 aliphatic rings. The number of alkyl halides is 3. The van der Waals surface area contributed by atoms with Gasteiger partial charge >= 0.3 is 12.1 Å². The van der Waals surface area contributed by atoms with Crippen molar-refractivity contribution in [3.8, 4) is 17.1 Å². The van der Waals surface area contributed by atoms with Gasteiger partial charge in [0, 0.05) is 17.8 Å². The van der Waals surface area contributed by atoms with Crippen LogP contribution in [0.3, 0.4) is 0 Å². The second kappa shape index (κ2) is 7.06. The van der Waals surface area contributed by atoms with Crippen molar-refractivity contribution < 1.29 is 36.7 Å². The Hall–Kier alpha value is -3.43. The molecule has 0 saturated heterocycles. The van der Waals surface area contributed by atoms with Crippen LogP contribution in [0.1, 0.15) is 21.7 Å². The largest absolute Gasteiger partial charge is 0.478 e. The summed E-state index contributed by atoms with van der Waals surface area (Å²) in [6.45, 7) is -0.593. The van der Waals surface area contributed by atoms with Gasteiger partial charge in [0.05, 0.1) is 11.1 Å². The van der Waals surface area contributed by atoms with Gasteiger partial charge in [0.25, 0.3) is 0 Å². The fourth-order valence-corrected chi connectivity index (χ4v) is 2.24. The summed E-state index contributed by atoms with van der Waals surface area (Å²) < 4.78 is 62.3. The molecule has 10 heteroatoms. The third-order valence-corrected chi connectivity index (χ3v) is 3.51. The molecule has 0 radical (unpaired) electrons. The van der Waals surface area contributed by atoms with E-state index >= 15 is 0 Å². The van der Waals surface area contributed by atoms with Crippen molar-refractivity contribution in [1.82, 2.24) is 10.1 Å². The number of nitrogens with zero attached hydrogens (tertiary/aromatic N) is 2. The molecule has 1 aromatic carbocycles. The van der Waals surface area contributed by atoms with Crippen molar-refractivity contribution in [1.29, 1.82) is 0 Å². The molecule has 1 N–H and O–H groups in total. The maximum Gasteiger partial charge on any atom is 0.452 e. The molecule has 0 fully saturated rings. The number of aromatic nitrogens is 2. The Morgan fingerprint density at radius 3 is 2.41 bits per heavy atom. The minimum Gasteiger partial charge on any atom is -0.478 e. The number of hydrogen-bond acceptors (Lipinski definition) is 5. The van der Waals surface area contributed by atoms with Crippen LogP contribution in [-0.4, -0.2) is 21.2 Å². The minimum absolute atomic E-state index is 0.0839. The molecular weight excluding hydrogens is 372 g/mol. The first-order chi connectivity index (χ1) is 12.8. The van der Waals surface area contributed by atoms with Crippen molar-refractivity contribution in [3.63, 3.8) is 0 Å². The molecule has 6 nitrogen and oxygen atoms in total. The summed E-state index contributed by atoms with van der Waals surface area (Å²) in [6.07, 6.45) is -3.80. The van der Waals surface area contributed by atoms with E-state index in [2.05, 4.69) is 14.7 Å². The van der Waals surface area contributed by atoms with Gasteiger partial charge in [-0.3, -0.25) is 0 Å². The van der Waals surface area contributed by atoms with Crippen LogP contribution in [0.15, 0.2) is 47.1 Å². The summed E-state index contributed by atoms with van der Waals surface area (Å²) in [5, 5.41) is 12.2. The third-order valence-electron chi connectivity index (χ3n) is 3.51. The van der Waals surface area contributed by atoms with E-state index < -0.39 is 35.9 Å². The summed E-state index contributed by atoms with van der Waals surface area (Å²) >= 11 is 0. The lowest BCUT2D eigenvalue weighted by molar-refractivity contribution is -0.156. The monoisotopic (exact) mass is 382 g/mol. The van der Waals surface area contributed by atoms with Crippen molar-refractivity contribution in [2.24, 2.45) is 0 Å². The van der Waals surface area contributed by atoms with Gasteiger partial charge in [-0.15, -0.1) is 0 Å². The first kappa shape index (κ1) is 18.4. The van der Waals surface area contributed by atoms with Gasteiger partial charge in [0.2, 0.25) is 11.6 Å². The number of carboxylic acids is 1. The fraction of sp³-hybridized carbons (Fsp3) is 0.118. The fourth-order valence-electron chi connectivity index (χ4n) is 2.24. The molecule has 0 unspecified atom stereocenters. The molecule has 2 heterocycles. The molecule has 0 aliphatic heterocycles. The number of carboxylic acid groups (broad SMARTS) is 1. The van der Waals surface area contributed by atoms with Crippen LogP contribution in [0.5, 0.6) is 5.88 Å². The van der Waals surface area contributed by atoms with E-state index in [-0.39, 0.29) is 22.7 Å². The van der Waals surface area contributed by atoms with E-state index in [4.69, 9.17) is 9.84 Å². The van der Waals surface area contributed by atoms with Gasteiger partial charge in [-0.1, -0.05) is 5.16 Å². The van der Waals surface area contributed by atoms with Gasteiger partial charge in [0.1, 0.15) is 18.1 Å². The Morgan fingerprint density at radius 1 is 1.15 bits per heavy atom. The predicted molar refractivity (Wildman–Crippen MR) is 82.4 cm³/mol. The number of aromatic carboxylic acids is 1. The molecule has 0 atom stereocenters. The van der Waals surface area contributed by atoms with Crippen LogP contribution < -0.4 is 4.74 Å². The van der Waals surface area contributed by atoms with E-state index in [9.17, 15) is 22.4 Å². The van der Waals surface area contributed by atoms with Crippen LogP contribution >= 0.6 is 0 Å². The summed E-state index contributed by atoms with van der Waals surface area (Å²) in [5.41, 5.74) is -0.429. The van der Waals surface area contributed by atoms with E-state index in [1.165, 1.54) is 24.3 Å². The van der Waals surface area contributed by atoms with Crippen LogP contribution in [-0.2, 0) is 12.8 Å². The van der Waals surface area contributed by atoms with Crippen molar-refractivity contribution >= 4 is 5.97 Å². The topological polar surface area (TPSA) is 85.5 Å². The SMILES string of the molecule is O=C(O)c1ccc(OCc2c(-c3ccc(F)cc3)noc2C(F)(F)F)nc1. The smallest absolute Gasteiger partial charge is 0.452 e. The van der Waals surface area contributed by atoms with E-state index in [0.29, 0.717) is 0 Å². The van der Waals surface area contributed by atoms with Crippen LogP contribution in [0.25, 0.3) is 11.3 Å². The summed E-state index contributed by atoms with van der Waals surface area (Å²) in [7, 11) is 0. The highest BCUT2D eigenvalue weighted by Gasteiger charge is 2.40. The average molecular weight is 382 g/mol. The van der Waals surface area contributed by atoms with E-state index in [1.807, 2.05) is 0 Å². The summed E-state index contributed by atoms with van der Waals surface area (Å²) in [5.74, 6) is -3.19. The van der Waals surface area contributed by atoms with Gasteiger partial charge < -0.3 is 14.4 Å². The zero-order chi connectivity index (χ0) is 19.6. The van der Waals surface area contributed by atoms with Crippen LogP contribution in [0, 0.1) is 5.82 Å². The molecular formula is C17H10F4N2O4. The minimum atomic E-state index is -4.81. The maximum atomic E-state index is 13.2. The lowest BCUT2D eigenvalue weighted by Gasteiger charge is -2.09. The van der Waals surface area contributed by atoms with Crippen LogP contribution in [0.2, 0.25) is 0 Å². The Kier molecular flexibility index (Phi) is 4.80. The second-order valence-electron chi connectivity index (χ2n) is 5.32. The third kappa shape index (κ3) is 4.05. The Balaban J connectivity index is 1.91. The number of pyridine rings is 1.